The van der Waals surface area contributed by atoms with Gasteiger partial charge in [-0.05, 0) is 75.8 Å². The number of hydrogen-bond acceptors (Lipinski definition) is 3. The van der Waals surface area contributed by atoms with Crippen molar-refractivity contribution in [3.8, 4) is 11.8 Å². The van der Waals surface area contributed by atoms with Gasteiger partial charge in [0.05, 0.1) is 11.6 Å². The molecule has 25 heavy (non-hydrogen) atoms. The van der Waals surface area contributed by atoms with Gasteiger partial charge in [-0.15, -0.1) is 0 Å². The van der Waals surface area contributed by atoms with Crippen LogP contribution in [0.5, 0.6) is 0 Å². The molecule has 1 aliphatic rings. The van der Waals surface area contributed by atoms with Crippen LogP contribution in [0.25, 0.3) is 5.69 Å². The fourth-order valence-electron chi connectivity index (χ4n) is 3.64. The Morgan fingerprint density at radius 1 is 1.28 bits per heavy atom. The third kappa shape index (κ3) is 3.83. The maximum absolute atomic E-state index is 12.0. The molecule has 0 amide bonds. The van der Waals surface area contributed by atoms with Crippen molar-refractivity contribution in [3.63, 3.8) is 0 Å². The molecule has 0 radical (unpaired) electrons. The number of ether oxygens (including phenoxy) is 1. The number of aromatic nitrogens is 1. The molecule has 1 aliphatic heterocycles. The zero-order valence-electron chi connectivity index (χ0n) is 14.9. The molecule has 0 saturated carbocycles. The first-order valence-corrected chi connectivity index (χ1v) is 8.90. The Morgan fingerprint density at radius 2 is 1.96 bits per heavy atom. The van der Waals surface area contributed by atoms with Crippen LogP contribution in [0.2, 0.25) is 0 Å². The molecule has 0 unspecified atom stereocenters. The van der Waals surface area contributed by atoms with E-state index < -0.39 is 0 Å². The van der Waals surface area contributed by atoms with Crippen LogP contribution in [0.15, 0.2) is 30.3 Å². The van der Waals surface area contributed by atoms with Gasteiger partial charge >= 0.3 is 0 Å². The van der Waals surface area contributed by atoms with Crippen molar-refractivity contribution in [1.82, 2.24) is 4.57 Å². The lowest BCUT2D eigenvalue weighted by atomic mass is 9.94. The average Bonchev–Trinajstić information content (AvgIpc) is 2.97. The molecule has 3 rings (SSSR count). The number of carbonyl (C=O) groups is 1. The van der Waals surface area contributed by atoms with Crippen molar-refractivity contribution in [1.29, 1.82) is 5.26 Å². The van der Waals surface area contributed by atoms with E-state index in [4.69, 9.17) is 10.00 Å². The van der Waals surface area contributed by atoms with Gasteiger partial charge in [0.1, 0.15) is 0 Å². The number of carbonyl (C=O) groups excluding carboxylic acids is 1. The lowest BCUT2D eigenvalue weighted by Crippen LogP contribution is -2.16. The minimum absolute atomic E-state index is 0.0946. The van der Waals surface area contributed by atoms with E-state index in [0.29, 0.717) is 11.5 Å². The maximum atomic E-state index is 12.0. The predicted octanol–water partition coefficient (Wildman–Crippen LogP) is 4.22. The first-order chi connectivity index (χ1) is 12.1. The van der Waals surface area contributed by atoms with Gasteiger partial charge in [-0.3, -0.25) is 4.79 Å². The fraction of sp³-hybridized carbons (Fsp3) is 0.429. The van der Waals surface area contributed by atoms with Gasteiger partial charge in [-0.1, -0.05) is 0 Å². The number of aryl methyl sites for hydroxylation is 1. The fourth-order valence-corrected chi connectivity index (χ4v) is 3.64. The largest absolute Gasteiger partial charge is 0.381 e. The molecule has 4 nitrogen and oxygen atoms in total. The highest BCUT2D eigenvalue weighted by molar-refractivity contribution is 5.95. The Balaban J connectivity index is 1.91. The molecule has 4 heteroatoms. The highest BCUT2D eigenvalue weighted by Gasteiger charge is 2.19. The molecule has 130 valence electrons. The molecule has 0 N–H and O–H groups in total. The zero-order chi connectivity index (χ0) is 17.8. The Kier molecular flexibility index (Phi) is 5.35. The van der Waals surface area contributed by atoms with Crippen molar-refractivity contribution in [3.05, 3.63) is 52.8 Å². The molecule has 1 saturated heterocycles. The van der Waals surface area contributed by atoms with Crippen molar-refractivity contribution >= 4 is 5.78 Å². The van der Waals surface area contributed by atoms with E-state index in [1.54, 1.807) is 6.92 Å². The number of nitriles is 1. The Bertz CT molecular complexity index is 791. The second-order valence-electron chi connectivity index (χ2n) is 6.78. The Labute approximate surface area is 149 Å². The van der Waals surface area contributed by atoms with E-state index >= 15 is 0 Å². The average molecular weight is 336 g/mol. The third-order valence-corrected chi connectivity index (χ3v) is 5.11. The lowest BCUT2D eigenvalue weighted by molar-refractivity contribution is 0.0639. The van der Waals surface area contributed by atoms with E-state index in [0.717, 1.165) is 55.8 Å². The van der Waals surface area contributed by atoms with Crippen LogP contribution in [0, 0.1) is 24.2 Å². The quantitative estimate of drug-likeness (QED) is 0.768. The molecule has 2 aromatic rings. The SMILES string of the molecule is CC(=O)c1cc(CCC2CCOCC2)n(-c2ccc(C#N)cc2)c1C. The molecule has 1 fully saturated rings. The van der Waals surface area contributed by atoms with Crippen LogP contribution in [0.1, 0.15) is 53.5 Å². The monoisotopic (exact) mass is 336 g/mol. The lowest BCUT2D eigenvalue weighted by Gasteiger charge is -2.22. The number of hydrogen-bond donors (Lipinski definition) is 0. The van der Waals surface area contributed by atoms with Crippen molar-refractivity contribution in [2.45, 2.75) is 39.5 Å². The van der Waals surface area contributed by atoms with Gasteiger partial charge in [0.25, 0.3) is 0 Å². The maximum Gasteiger partial charge on any atom is 0.161 e. The standard InChI is InChI=1S/C21H24N2O2/c1-15-21(16(2)24)13-20(8-3-17-9-11-25-12-10-17)23(15)19-6-4-18(14-22)5-7-19/h4-7,13,17H,3,8-12H2,1-2H3. The second-order valence-corrected chi connectivity index (χ2v) is 6.78. The van der Waals surface area contributed by atoms with Crippen molar-refractivity contribution in [2.75, 3.05) is 13.2 Å². The topological polar surface area (TPSA) is 55.0 Å². The van der Waals surface area contributed by atoms with Gasteiger partial charge < -0.3 is 9.30 Å². The highest BCUT2D eigenvalue weighted by atomic mass is 16.5. The Hall–Kier alpha value is -2.38. The summed E-state index contributed by atoms with van der Waals surface area (Å²) in [5, 5.41) is 9.00. The number of Topliss-reactive ketones (excluding diaryl/α,β-unsaturated/α-hetero) is 1. The van der Waals surface area contributed by atoms with Crippen LogP contribution < -0.4 is 0 Å². The number of benzene rings is 1. The second kappa shape index (κ2) is 7.67. The highest BCUT2D eigenvalue weighted by Crippen LogP contribution is 2.26. The zero-order valence-corrected chi connectivity index (χ0v) is 14.9. The smallest absolute Gasteiger partial charge is 0.161 e. The van der Waals surface area contributed by atoms with Gasteiger partial charge in [-0.2, -0.15) is 5.26 Å². The van der Waals surface area contributed by atoms with Gasteiger partial charge in [0.2, 0.25) is 0 Å². The molecule has 1 aromatic heterocycles. The molecule has 0 aliphatic carbocycles. The number of nitrogens with zero attached hydrogens (tertiary/aromatic N) is 2. The molecule has 0 spiro atoms. The predicted molar refractivity (Wildman–Crippen MR) is 97.1 cm³/mol. The van der Waals surface area contributed by atoms with Crippen LogP contribution in [0.4, 0.5) is 0 Å². The van der Waals surface area contributed by atoms with E-state index in [1.807, 2.05) is 37.3 Å². The molecular formula is C21H24N2O2. The molecule has 0 bridgehead atoms. The summed E-state index contributed by atoms with van der Waals surface area (Å²) in [5.41, 5.74) is 4.57. The molecule has 2 heterocycles. The van der Waals surface area contributed by atoms with Crippen molar-refractivity contribution < 1.29 is 9.53 Å². The summed E-state index contributed by atoms with van der Waals surface area (Å²) >= 11 is 0. The summed E-state index contributed by atoms with van der Waals surface area (Å²) in [6, 6.07) is 11.7. The third-order valence-electron chi connectivity index (χ3n) is 5.11. The normalized spacial score (nSPS) is 15.1. The van der Waals surface area contributed by atoms with Gasteiger partial charge in [-0.25, -0.2) is 0 Å². The summed E-state index contributed by atoms with van der Waals surface area (Å²) in [6.07, 6.45) is 4.30. The Morgan fingerprint density at radius 3 is 2.56 bits per heavy atom. The summed E-state index contributed by atoms with van der Waals surface area (Å²) in [6.45, 7) is 5.33. The van der Waals surface area contributed by atoms with Gasteiger partial charge in [0.15, 0.2) is 5.78 Å². The first kappa shape index (κ1) is 17.4. The van der Waals surface area contributed by atoms with E-state index in [2.05, 4.69) is 10.6 Å². The van der Waals surface area contributed by atoms with Crippen LogP contribution in [-0.2, 0) is 11.2 Å². The van der Waals surface area contributed by atoms with Gasteiger partial charge in [0, 0.05) is 35.9 Å². The minimum atomic E-state index is 0.0946. The summed E-state index contributed by atoms with van der Waals surface area (Å²) in [5.74, 6) is 0.788. The minimum Gasteiger partial charge on any atom is -0.381 e. The van der Waals surface area contributed by atoms with E-state index in [1.165, 1.54) is 5.69 Å². The summed E-state index contributed by atoms with van der Waals surface area (Å²) in [7, 11) is 0. The van der Waals surface area contributed by atoms with Crippen LogP contribution in [0.3, 0.4) is 0 Å². The van der Waals surface area contributed by atoms with Crippen LogP contribution >= 0.6 is 0 Å². The van der Waals surface area contributed by atoms with E-state index in [9.17, 15) is 4.79 Å². The first-order valence-electron chi connectivity index (χ1n) is 8.90. The summed E-state index contributed by atoms with van der Waals surface area (Å²) in [4.78, 5) is 12.0. The van der Waals surface area contributed by atoms with E-state index in [-0.39, 0.29) is 5.78 Å². The van der Waals surface area contributed by atoms with Crippen LogP contribution in [-0.4, -0.2) is 23.6 Å². The number of rotatable bonds is 5. The number of ketones is 1. The van der Waals surface area contributed by atoms with Crippen molar-refractivity contribution in [2.24, 2.45) is 5.92 Å². The molecule has 0 atom stereocenters. The summed E-state index contributed by atoms with van der Waals surface area (Å²) < 4.78 is 7.61. The molecular weight excluding hydrogens is 312 g/mol. The molecule has 1 aromatic carbocycles.